The SMILES string of the molecule is CCC[Si](C)(C)O[Si](C)(CC[Si](OC)(OC)OC)O[SiH](C)C. The first-order valence-electron chi connectivity index (χ1n) is 8.11. The summed E-state index contributed by atoms with van der Waals surface area (Å²) in [5, 5.41) is 0. The van der Waals surface area contributed by atoms with Crippen LogP contribution in [0.4, 0.5) is 0 Å². The van der Waals surface area contributed by atoms with Crippen molar-refractivity contribution in [1.82, 2.24) is 0 Å². The van der Waals surface area contributed by atoms with Crippen molar-refractivity contribution in [3.05, 3.63) is 0 Å². The van der Waals surface area contributed by atoms with E-state index >= 15 is 0 Å². The highest BCUT2D eigenvalue weighted by Gasteiger charge is 2.45. The maximum atomic E-state index is 6.65. The van der Waals surface area contributed by atoms with Gasteiger partial charge in [0.15, 0.2) is 17.4 Å². The van der Waals surface area contributed by atoms with Crippen LogP contribution in [0.3, 0.4) is 0 Å². The molecule has 0 spiro atoms. The van der Waals surface area contributed by atoms with E-state index in [2.05, 4.69) is 39.7 Å². The van der Waals surface area contributed by atoms with Gasteiger partial charge in [0.1, 0.15) is 0 Å². The normalized spacial score (nSPS) is 16.1. The Hall–Kier alpha value is 0.668. The van der Waals surface area contributed by atoms with Crippen LogP contribution in [-0.2, 0) is 21.5 Å². The van der Waals surface area contributed by atoms with Gasteiger partial charge in [0, 0.05) is 27.4 Å². The first-order valence-corrected chi connectivity index (χ1v) is 18.5. The fourth-order valence-electron chi connectivity index (χ4n) is 2.81. The molecule has 0 aliphatic rings. The maximum absolute atomic E-state index is 6.65. The first kappa shape index (κ1) is 22.7. The minimum atomic E-state index is -2.57. The second-order valence-corrected chi connectivity index (χ2v) is 20.4. The molecule has 0 saturated carbocycles. The predicted molar refractivity (Wildman–Crippen MR) is 102 cm³/mol. The van der Waals surface area contributed by atoms with Crippen molar-refractivity contribution in [2.45, 2.75) is 64.2 Å². The Morgan fingerprint density at radius 3 is 1.68 bits per heavy atom. The Balaban J connectivity index is 5.03. The topological polar surface area (TPSA) is 46.2 Å². The molecule has 0 aliphatic carbocycles. The van der Waals surface area contributed by atoms with Crippen molar-refractivity contribution in [1.29, 1.82) is 0 Å². The summed E-state index contributed by atoms with van der Waals surface area (Å²) in [6.45, 7) is 13.4. The van der Waals surface area contributed by atoms with E-state index in [1.54, 1.807) is 21.3 Å². The highest BCUT2D eigenvalue weighted by Crippen LogP contribution is 2.28. The molecule has 5 nitrogen and oxygen atoms in total. The van der Waals surface area contributed by atoms with E-state index in [4.69, 9.17) is 21.5 Å². The first-order chi connectivity index (χ1) is 10.1. The van der Waals surface area contributed by atoms with Crippen LogP contribution in [0.2, 0.25) is 50.9 Å². The van der Waals surface area contributed by atoms with E-state index in [1.807, 2.05) is 0 Å². The zero-order valence-electron chi connectivity index (χ0n) is 15.9. The largest absolute Gasteiger partial charge is 0.500 e. The van der Waals surface area contributed by atoms with Crippen LogP contribution in [0.15, 0.2) is 0 Å². The van der Waals surface area contributed by atoms with E-state index in [1.165, 1.54) is 6.04 Å². The second kappa shape index (κ2) is 9.84. The third-order valence-electron chi connectivity index (χ3n) is 3.65. The fourth-order valence-corrected chi connectivity index (χ4v) is 18.7. The van der Waals surface area contributed by atoms with Gasteiger partial charge < -0.3 is 21.5 Å². The van der Waals surface area contributed by atoms with Gasteiger partial charge in [0.2, 0.25) is 0 Å². The van der Waals surface area contributed by atoms with E-state index in [9.17, 15) is 0 Å². The van der Waals surface area contributed by atoms with E-state index < -0.39 is 34.7 Å². The van der Waals surface area contributed by atoms with Gasteiger partial charge in [0.05, 0.1) is 0 Å². The lowest BCUT2D eigenvalue weighted by atomic mass is 10.6. The molecule has 0 heterocycles. The van der Waals surface area contributed by atoms with Gasteiger partial charge >= 0.3 is 17.4 Å². The van der Waals surface area contributed by atoms with Gasteiger partial charge in [-0.25, -0.2) is 0 Å². The van der Waals surface area contributed by atoms with E-state index in [0.717, 1.165) is 18.5 Å². The van der Waals surface area contributed by atoms with Crippen LogP contribution in [0.25, 0.3) is 0 Å². The van der Waals surface area contributed by atoms with Gasteiger partial charge in [-0.3, -0.25) is 0 Å². The highest BCUT2D eigenvalue weighted by molar-refractivity contribution is 6.85. The Bertz CT molecular complexity index is 305. The predicted octanol–water partition coefficient (Wildman–Crippen LogP) is 3.57. The van der Waals surface area contributed by atoms with Gasteiger partial charge in [-0.2, -0.15) is 0 Å². The van der Waals surface area contributed by atoms with Crippen molar-refractivity contribution in [2.75, 3.05) is 21.3 Å². The molecule has 134 valence electrons. The Morgan fingerprint density at radius 1 is 0.818 bits per heavy atom. The number of hydrogen-bond acceptors (Lipinski definition) is 5. The summed E-state index contributed by atoms with van der Waals surface area (Å²) in [7, 11) is -2.66. The van der Waals surface area contributed by atoms with Crippen LogP contribution < -0.4 is 0 Å². The molecular formula is C13H36O5Si4. The lowest BCUT2D eigenvalue weighted by molar-refractivity contribution is 0.124. The summed E-state index contributed by atoms with van der Waals surface area (Å²) in [5.41, 5.74) is 0. The summed E-state index contributed by atoms with van der Waals surface area (Å²) >= 11 is 0. The molecular weight excluding hydrogens is 348 g/mol. The summed E-state index contributed by atoms with van der Waals surface area (Å²) < 4.78 is 29.7. The van der Waals surface area contributed by atoms with Crippen molar-refractivity contribution in [3.8, 4) is 0 Å². The lowest BCUT2D eigenvalue weighted by Crippen LogP contribution is -2.53. The minimum absolute atomic E-state index is 0.747. The van der Waals surface area contributed by atoms with E-state index in [0.29, 0.717) is 0 Å². The quantitative estimate of drug-likeness (QED) is 0.481. The Kier molecular flexibility index (Phi) is 10.1. The van der Waals surface area contributed by atoms with Crippen molar-refractivity contribution >= 4 is 34.7 Å². The molecule has 0 aromatic heterocycles. The Labute approximate surface area is 142 Å². The van der Waals surface area contributed by atoms with Crippen LogP contribution in [0.5, 0.6) is 0 Å². The third kappa shape index (κ3) is 7.97. The molecule has 0 rings (SSSR count). The Morgan fingerprint density at radius 2 is 1.32 bits per heavy atom. The molecule has 9 heteroatoms. The second-order valence-electron chi connectivity index (χ2n) is 6.71. The smallest absolute Gasteiger partial charge is 0.439 e. The average Bonchev–Trinajstić information content (AvgIpc) is 2.39. The molecule has 0 fully saturated rings. The van der Waals surface area contributed by atoms with Gasteiger partial charge in [0.25, 0.3) is 0 Å². The highest BCUT2D eigenvalue weighted by atomic mass is 28.5. The van der Waals surface area contributed by atoms with E-state index in [-0.39, 0.29) is 0 Å². The maximum Gasteiger partial charge on any atom is 0.500 e. The molecule has 0 saturated heterocycles. The molecule has 1 atom stereocenters. The number of hydrogen-bond donors (Lipinski definition) is 0. The minimum Gasteiger partial charge on any atom is -0.439 e. The molecule has 22 heavy (non-hydrogen) atoms. The number of rotatable bonds is 12. The lowest BCUT2D eigenvalue weighted by Gasteiger charge is -2.38. The summed E-state index contributed by atoms with van der Waals surface area (Å²) in [4.78, 5) is 0. The van der Waals surface area contributed by atoms with Crippen molar-refractivity contribution in [2.24, 2.45) is 0 Å². The van der Waals surface area contributed by atoms with Gasteiger partial charge in [-0.05, 0) is 44.8 Å². The van der Waals surface area contributed by atoms with Gasteiger partial charge in [-0.1, -0.05) is 13.3 Å². The average molecular weight is 385 g/mol. The monoisotopic (exact) mass is 384 g/mol. The molecule has 0 N–H and O–H groups in total. The van der Waals surface area contributed by atoms with Gasteiger partial charge in [-0.15, -0.1) is 0 Å². The molecule has 0 aliphatic heterocycles. The summed E-state index contributed by atoms with van der Waals surface area (Å²) in [6.07, 6.45) is 1.16. The molecule has 1 unspecified atom stereocenters. The molecule has 0 bridgehead atoms. The van der Waals surface area contributed by atoms with Crippen LogP contribution in [0, 0.1) is 0 Å². The van der Waals surface area contributed by atoms with Crippen LogP contribution in [0.1, 0.15) is 13.3 Å². The zero-order valence-corrected chi connectivity index (χ0v) is 20.1. The standard InChI is InChI=1S/C13H36O5Si4/c1-10-11-20(7,8)18-21(9,17-19(5)6)12-13-22(14-2,15-3)16-4/h19H,10-13H2,1-9H3. The molecule has 0 radical (unpaired) electrons. The molecule has 0 aromatic carbocycles. The molecule has 0 amide bonds. The fraction of sp³-hybridized carbons (Fsp3) is 1.00. The van der Waals surface area contributed by atoms with Crippen LogP contribution >= 0.6 is 0 Å². The van der Waals surface area contributed by atoms with Crippen LogP contribution in [-0.4, -0.2) is 56.1 Å². The summed E-state index contributed by atoms with van der Waals surface area (Å²) in [6, 6.07) is 2.77. The third-order valence-corrected chi connectivity index (χ3v) is 17.6. The zero-order chi connectivity index (χ0) is 17.4. The van der Waals surface area contributed by atoms with Crippen molar-refractivity contribution < 1.29 is 21.5 Å². The van der Waals surface area contributed by atoms with Crippen molar-refractivity contribution in [3.63, 3.8) is 0 Å². The molecule has 0 aromatic rings. The summed E-state index contributed by atoms with van der Waals surface area (Å²) in [5.74, 6) is 0.